The number of fused-ring (bicyclic) bond motifs is 1. The van der Waals surface area contributed by atoms with Crippen LogP contribution in [0.5, 0.6) is 0 Å². The lowest BCUT2D eigenvalue weighted by molar-refractivity contribution is -0.110. The summed E-state index contributed by atoms with van der Waals surface area (Å²) in [7, 11) is 0. The zero-order valence-electron chi connectivity index (χ0n) is 20.6. The first-order valence-electron chi connectivity index (χ1n) is 12.0. The molecule has 1 aromatic heterocycles. The molecule has 0 fully saturated rings. The third-order valence-corrected chi connectivity index (χ3v) is 6.80. The maximum atomic E-state index is 13.0. The van der Waals surface area contributed by atoms with Crippen molar-refractivity contribution in [3.05, 3.63) is 75.6 Å². The van der Waals surface area contributed by atoms with E-state index in [1.807, 2.05) is 62.4 Å². The van der Waals surface area contributed by atoms with Crippen molar-refractivity contribution in [1.82, 2.24) is 15.2 Å². The molecule has 3 aromatic rings. The Hall–Kier alpha value is -3.35. The van der Waals surface area contributed by atoms with E-state index in [9.17, 15) is 9.59 Å². The molecule has 1 aliphatic heterocycles. The number of aromatic amines is 1. The van der Waals surface area contributed by atoms with Gasteiger partial charge in [0.15, 0.2) is 0 Å². The number of aryl methyl sites for hydroxylation is 1. The smallest absolute Gasteiger partial charge is 0.256 e. The molecule has 0 radical (unpaired) electrons. The summed E-state index contributed by atoms with van der Waals surface area (Å²) in [4.78, 5) is 31.5. The number of H-pyrrole nitrogens is 1. The number of benzene rings is 2. The van der Waals surface area contributed by atoms with Crippen LogP contribution < -0.4 is 10.6 Å². The van der Waals surface area contributed by atoms with Crippen LogP contribution in [0.15, 0.2) is 42.5 Å². The minimum atomic E-state index is -0.175. The standard InChI is InChI=1S/C28H31ClN4O2/c1-5-33(6-2)14-13-30-28(35)25-17(3)24(31-18(25)4)16-22-26-21(19-9-7-10-20(29)15-19)11-8-12-23(26)32-27(22)34/h7-12,15-16,31H,5-6,13-14H2,1-4H3,(H,30,35)(H,32,34). The van der Waals surface area contributed by atoms with Gasteiger partial charge in [0.25, 0.3) is 11.8 Å². The van der Waals surface area contributed by atoms with Crippen LogP contribution in [0.1, 0.15) is 46.7 Å². The molecule has 4 rings (SSSR count). The minimum Gasteiger partial charge on any atom is -0.358 e. The van der Waals surface area contributed by atoms with E-state index < -0.39 is 0 Å². The Morgan fingerprint density at radius 1 is 1.11 bits per heavy atom. The summed E-state index contributed by atoms with van der Waals surface area (Å²) < 4.78 is 0. The molecule has 6 nitrogen and oxygen atoms in total. The summed E-state index contributed by atoms with van der Waals surface area (Å²) >= 11 is 6.24. The number of carbonyl (C=O) groups is 2. The van der Waals surface area contributed by atoms with E-state index in [-0.39, 0.29) is 11.8 Å². The maximum absolute atomic E-state index is 13.0. The highest BCUT2D eigenvalue weighted by atomic mass is 35.5. The molecule has 0 spiro atoms. The van der Waals surface area contributed by atoms with Crippen LogP contribution in [-0.4, -0.2) is 47.9 Å². The van der Waals surface area contributed by atoms with E-state index in [1.54, 1.807) is 0 Å². The second-order valence-electron chi connectivity index (χ2n) is 8.70. The van der Waals surface area contributed by atoms with Gasteiger partial charge in [0, 0.05) is 40.8 Å². The topological polar surface area (TPSA) is 77.2 Å². The molecule has 0 saturated heterocycles. The lowest BCUT2D eigenvalue weighted by Crippen LogP contribution is -2.35. The Kier molecular flexibility index (Phi) is 7.43. The van der Waals surface area contributed by atoms with Gasteiger partial charge in [-0.1, -0.05) is 49.7 Å². The van der Waals surface area contributed by atoms with Crippen molar-refractivity contribution in [3.8, 4) is 11.1 Å². The van der Waals surface area contributed by atoms with Gasteiger partial charge in [-0.25, -0.2) is 0 Å². The molecular formula is C28H31ClN4O2. The zero-order chi connectivity index (χ0) is 25.1. The van der Waals surface area contributed by atoms with Gasteiger partial charge in [0.2, 0.25) is 0 Å². The molecule has 0 aliphatic carbocycles. The highest BCUT2D eigenvalue weighted by Crippen LogP contribution is 2.41. The summed E-state index contributed by atoms with van der Waals surface area (Å²) in [6.07, 6.45) is 1.84. The fourth-order valence-corrected chi connectivity index (χ4v) is 4.83. The van der Waals surface area contributed by atoms with Crippen molar-refractivity contribution in [1.29, 1.82) is 0 Å². The predicted octanol–water partition coefficient (Wildman–Crippen LogP) is 5.52. The number of nitrogens with zero attached hydrogens (tertiary/aromatic N) is 1. The van der Waals surface area contributed by atoms with E-state index >= 15 is 0 Å². The van der Waals surface area contributed by atoms with Crippen molar-refractivity contribution in [2.45, 2.75) is 27.7 Å². The third-order valence-electron chi connectivity index (χ3n) is 6.56. The second kappa shape index (κ2) is 10.5. The molecule has 7 heteroatoms. The first-order chi connectivity index (χ1) is 16.8. The molecule has 3 N–H and O–H groups in total. The summed E-state index contributed by atoms with van der Waals surface area (Å²) in [6.45, 7) is 11.3. The van der Waals surface area contributed by atoms with Crippen molar-refractivity contribution in [2.75, 3.05) is 31.5 Å². The molecule has 2 heterocycles. The molecule has 2 aromatic carbocycles. The summed E-state index contributed by atoms with van der Waals surface area (Å²) in [5.74, 6) is -0.282. The number of hydrogen-bond acceptors (Lipinski definition) is 3. The monoisotopic (exact) mass is 490 g/mol. The van der Waals surface area contributed by atoms with Crippen molar-refractivity contribution in [3.63, 3.8) is 0 Å². The van der Waals surface area contributed by atoms with E-state index in [2.05, 4.69) is 34.4 Å². The summed E-state index contributed by atoms with van der Waals surface area (Å²) in [5, 5.41) is 6.64. The lowest BCUT2D eigenvalue weighted by Gasteiger charge is -2.18. The number of rotatable bonds is 8. The van der Waals surface area contributed by atoms with Crippen LogP contribution >= 0.6 is 11.6 Å². The average molecular weight is 491 g/mol. The van der Waals surface area contributed by atoms with Crippen LogP contribution in [0, 0.1) is 13.8 Å². The number of amides is 2. The SMILES string of the molecule is CCN(CC)CCNC(=O)c1c(C)[nH]c(C=C2C(=O)Nc3cccc(-c4cccc(Cl)c4)c32)c1C. The zero-order valence-corrected chi connectivity index (χ0v) is 21.3. The van der Waals surface area contributed by atoms with Gasteiger partial charge in [0.1, 0.15) is 0 Å². The molecule has 2 amide bonds. The van der Waals surface area contributed by atoms with Crippen LogP contribution in [0.25, 0.3) is 22.8 Å². The van der Waals surface area contributed by atoms with Gasteiger partial charge >= 0.3 is 0 Å². The van der Waals surface area contributed by atoms with Gasteiger partial charge in [-0.05, 0) is 67.9 Å². The average Bonchev–Trinajstić information content (AvgIpc) is 3.31. The van der Waals surface area contributed by atoms with Crippen LogP contribution in [-0.2, 0) is 4.79 Å². The number of likely N-dealkylation sites (N-methyl/N-ethyl adjacent to an activating group) is 1. The van der Waals surface area contributed by atoms with E-state index in [4.69, 9.17) is 11.6 Å². The van der Waals surface area contributed by atoms with E-state index in [1.165, 1.54) is 0 Å². The lowest BCUT2D eigenvalue weighted by atomic mass is 9.94. The molecule has 35 heavy (non-hydrogen) atoms. The Morgan fingerprint density at radius 3 is 2.57 bits per heavy atom. The van der Waals surface area contributed by atoms with Crippen LogP contribution in [0.3, 0.4) is 0 Å². The van der Waals surface area contributed by atoms with E-state index in [0.717, 1.165) is 59.0 Å². The fraction of sp³-hybridized carbons (Fsp3) is 0.286. The normalized spacial score (nSPS) is 13.9. The predicted molar refractivity (Wildman–Crippen MR) is 144 cm³/mol. The molecule has 0 atom stereocenters. The van der Waals surface area contributed by atoms with Gasteiger partial charge in [-0.3, -0.25) is 9.59 Å². The molecule has 182 valence electrons. The highest BCUT2D eigenvalue weighted by Gasteiger charge is 2.28. The Morgan fingerprint density at radius 2 is 1.86 bits per heavy atom. The quantitative estimate of drug-likeness (QED) is 0.364. The third kappa shape index (κ3) is 5.04. The van der Waals surface area contributed by atoms with Crippen LogP contribution in [0.2, 0.25) is 5.02 Å². The number of aromatic nitrogens is 1. The largest absolute Gasteiger partial charge is 0.358 e. The van der Waals surface area contributed by atoms with Gasteiger partial charge in [-0.15, -0.1) is 0 Å². The maximum Gasteiger partial charge on any atom is 0.256 e. The number of anilines is 1. The van der Waals surface area contributed by atoms with Gasteiger partial charge < -0.3 is 20.5 Å². The molecule has 1 aliphatic rings. The van der Waals surface area contributed by atoms with Crippen LogP contribution in [0.4, 0.5) is 5.69 Å². The number of hydrogen-bond donors (Lipinski definition) is 3. The minimum absolute atomic E-state index is 0.107. The highest BCUT2D eigenvalue weighted by molar-refractivity contribution is 6.36. The molecule has 0 bridgehead atoms. The van der Waals surface area contributed by atoms with Crippen molar-refractivity contribution in [2.24, 2.45) is 0 Å². The first-order valence-corrected chi connectivity index (χ1v) is 12.3. The summed E-state index contributed by atoms with van der Waals surface area (Å²) in [5.41, 5.74) is 6.95. The molecule has 0 unspecified atom stereocenters. The Balaban J connectivity index is 1.67. The Labute approximate surface area is 211 Å². The Bertz CT molecular complexity index is 1300. The first kappa shape index (κ1) is 24.8. The fourth-order valence-electron chi connectivity index (χ4n) is 4.64. The molecule has 0 saturated carbocycles. The molecular weight excluding hydrogens is 460 g/mol. The van der Waals surface area contributed by atoms with Crippen molar-refractivity contribution < 1.29 is 9.59 Å². The number of carbonyl (C=O) groups excluding carboxylic acids is 2. The van der Waals surface area contributed by atoms with E-state index in [0.29, 0.717) is 22.7 Å². The van der Waals surface area contributed by atoms with Gasteiger partial charge in [-0.2, -0.15) is 0 Å². The van der Waals surface area contributed by atoms with Gasteiger partial charge in [0.05, 0.1) is 11.1 Å². The number of nitrogens with one attached hydrogen (secondary N) is 3. The number of halogens is 1. The second-order valence-corrected chi connectivity index (χ2v) is 9.13. The summed E-state index contributed by atoms with van der Waals surface area (Å²) in [6, 6.07) is 13.4. The van der Waals surface area contributed by atoms with Crippen molar-refractivity contribution >= 4 is 40.8 Å².